The minimum atomic E-state index is 0.0723. The van der Waals surface area contributed by atoms with Gasteiger partial charge in [0.15, 0.2) is 0 Å². The summed E-state index contributed by atoms with van der Waals surface area (Å²) in [6.07, 6.45) is 5.07. The van der Waals surface area contributed by atoms with E-state index in [2.05, 4.69) is 36.2 Å². The monoisotopic (exact) mass is 428 g/mol. The van der Waals surface area contributed by atoms with Gasteiger partial charge in [0.2, 0.25) is 0 Å². The van der Waals surface area contributed by atoms with E-state index in [4.69, 9.17) is 16.7 Å². The Kier molecular flexibility index (Phi) is 8.32. The molecule has 0 aliphatic heterocycles. The molecule has 1 amide bonds. The van der Waals surface area contributed by atoms with Crippen molar-refractivity contribution in [1.82, 2.24) is 9.80 Å². The Labute approximate surface area is 185 Å². The maximum Gasteiger partial charge on any atom is 0.253 e. The second-order valence-corrected chi connectivity index (χ2v) is 8.92. The second-order valence-electron chi connectivity index (χ2n) is 8.49. The van der Waals surface area contributed by atoms with Gasteiger partial charge < -0.3 is 14.9 Å². The number of carbonyl (C=O) groups excluding carboxylic acids is 1. The van der Waals surface area contributed by atoms with Crippen LogP contribution in [0.2, 0.25) is 5.02 Å². The lowest BCUT2D eigenvalue weighted by molar-refractivity contribution is 0.0689. The first kappa shape index (κ1) is 22.8. The fourth-order valence-corrected chi connectivity index (χ4v) is 4.56. The van der Waals surface area contributed by atoms with E-state index in [1.54, 1.807) is 24.3 Å². The fraction of sp³-hybridized carbons (Fsp3) is 0.480. The molecule has 4 nitrogen and oxygen atoms in total. The van der Waals surface area contributed by atoms with Crippen LogP contribution in [0.4, 0.5) is 0 Å². The molecule has 0 spiro atoms. The van der Waals surface area contributed by atoms with Gasteiger partial charge in [-0.3, -0.25) is 4.79 Å². The lowest BCUT2D eigenvalue weighted by Crippen LogP contribution is -2.39. The minimum absolute atomic E-state index is 0.0723. The molecule has 30 heavy (non-hydrogen) atoms. The van der Waals surface area contributed by atoms with Crippen molar-refractivity contribution in [3.05, 3.63) is 70.2 Å². The summed E-state index contributed by atoms with van der Waals surface area (Å²) in [6.45, 7) is 2.05. The maximum atomic E-state index is 12.8. The average molecular weight is 429 g/mol. The molecule has 0 heterocycles. The molecule has 1 saturated carbocycles. The van der Waals surface area contributed by atoms with Crippen LogP contribution in [0, 0.1) is 0 Å². The van der Waals surface area contributed by atoms with Crippen LogP contribution in [0.1, 0.15) is 59.5 Å². The lowest BCUT2D eigenvalue weighted by Gasteiger charge is -2.35. The number of hydrogen-bond donors (Lipinski definition) is 1. The molecule has 0 saturated heterocycles. The zero-order chi connectivity index (χ0) is 21.5. The molecule has 1 N–H and O–H groups in total. The van der Waals surface area contributed by atoms with Gasteiger partial charge in [-0.25, -0.2) is 0 Å². The Morgan fingerprint density at radius 3 is 2.43 bits per heavy atom. The summed E-state index contributed by atoms with van der Waals surface area (Å²) in [5.41, 5.74) is 3.43. The molecule has 1 aliphatic carbocycles. The third kappa shape index (κ3) is 6.07. The number of aliphatic hydroxyl groups is 1. The van der Waals surface area contributed by atoms with Crippen molar-refractivity contribution in [3.63, 3.8) is 0 Å². The highest BCUT2D eigenvalue weighted by atomic mass is 35.5. The van der Waals surface area contributed by atoms with Crippen molar-refractivity contribution < 1.29 is 9.90 Å². The predicted molar refractivity (Wildman–Crippen MR) is 123 cm³/mol. The van der Waals surface area contributed by atoms with Gasteiger partial charge in [0, 0.05) is 43.4 Å². The predicted octanol–water partition coefficient (Wildman–Crippen LogP) is 4.95. The SMILES string of the molecule is CN(CCCO)Cc1cccc([C@H]2CC[C@H](N(C)C(=O)c3ccc(Cl)cc3)CC2)c1. The Morgan fingerprint density at radius 1 is 1.07 bits per heavy atom. The summed E-state index contributed by atoms with van der Waals surface area (Å²) in [6, 6.07) is 16.4. The van der Waals surface area contributed by atoms with Gasteiger partial charge in [-0.1, -0.05) is 35.9 Å². The van der Waals surface area contributed by atoms with E-state index in [-0.39, 0.29) is 18.6 Å². The molecule has 0 bridgehead atoms. The summed E-state index contributed by atoms with van der Waals surface area (Å²) in [7, 11) is 4.02. The van der Waals surface area contributed by atoms with Gasteiger partial charge in [0.05, 0.1) is 0 Å². The molecule has 162 valence electrons. The maximum absolute atomic E-state index is 12.8. The van der Waals surface area contributed by atoms with Crippen LogP contribution in [0.3, 0.4) is 0 Å². The van der Waals surface area contributed by atoms with E-state index in [0.29, 0.717) is 16.5 Å². The average Bonchev–Trinajstić information content (AvgIpc) is 2.77. The molecule has 0 radical (unpaired) electrons. The third-order valence-corrected chi connectivity index (χ3v) is 6.48. The Balaban J connectivity index is 1.55. The lowest BCUT2D eigenvalue weighted by atomic mass is 9.81. The van der Waals surface area contributed by atoms with Crippen molar-refractivity contribution in [1.29, 1.82) is 0 Å². The quantitative estimate of drug-likeness (QED) is 0.646. The number of benzene rings is 2. The molecule has 2 aromatic rings. The van der Waals surface area contributed by atoms with Crippen molar-refractivity contribution in [2.45, 2.75) is 50.6 Å². The van der Waals surface area contributed by atoms with Crippen LogP contribution in [-0.2, 0) is 6.54 Å². The first-order valence-electron chi connectivity index (χ1n) is 10.9. The van der Waals surface area contributed by atoms with Gasteiger partial charge in [0.1, 0.15) is 0 Å². The van der Waals surface area contributed by atoms with Gasteiger partial charge >= 0.3 is 0 Å². The number of rotatable bonds is 8. The largest absolute Gasteiger partial charge is 0.396 e. The Hall–Kier alpha value is -1.88. The van der Waals surface area contributed by atoms with Crippen LogP contribution < -0.4 is 0 Å². The number of aliphatic hydroxyl groups excluding tert-OH is 1. The number of carbonyl (C=O) groups is 1. The number of amides is 1. The first-order chi connectivity index (χ1) is 14.5. The van der Waals surface area contributed by atoms with Crippen LogP contribution >= 0.6 is 11.6 Å². The van der Waals surface area contributed by atoms with Crippen LogP contribution in [0.15, 0.2) is 48.5 Å². The van der Waals surface area contributed by atoms with Crippen molar-refractivity contribution >= 4 is 17.5 Å². The van der Waals surface area contributed by atoms with Gasteiger partial charge in [0.25, 0.3) is 5.91 Å². The Bertz CT molecular complexity index is 816. The first-order valence-corrected chi connectivity index (χ1v) is 11.3. The molecule has 0 unspecified atom stereocenters. The van der Waals surface area contributed by atoms with Crippen molar-refractivity contribution in [2.24, 2.45) is 0 Å². The van der Waals surface area contributed by atoms with Crippen LogP contribution in [0.5, 0.6) is 0 Å². The molecule has 1 aliphatic rings. The summed E-state index contributed by atoms with van der Waals surface area (Å²) in [5, 5.41) is 9.66. The van der Waals surface area contributed by atoms with E-state index < -0.39 is 0 Å². The molecule has 5 heteroatoms. The summed E-state index contributed by atoms with van der Waals surface area (Å²) < 4.78 is 0. The van der Waals surface area contributed by atoms with Crippen molar-refractivity contribution in [2.75, 3.05) is 27.2 Å². The second kappa shape index (κ2) is 10.9. The number of hydrogen-bond acceptors (Lipinski definition) is 3. The molecule has 0 aromatic heterocycles. The summed E-state index contributed by atoms with van der Waals surface area (Å²) in [4.78, 5) is 17.0. The van der Waals surface area contributed by atoms with Gasteiger partial charge in [-0.15, -0.1) is 0 Å². The summed E-state index contributed by atoms with van der Waals surface area (Å²) >= 11 is 5.94. The van der Waals surface area contributed by atoms with Gasteiger partial charge in [-0.2, -0.15) is 0 Å². The number of halogens is 1. The topological polar surface area (TPSA) is 43.8 Å². The van der Waals surface area contributed by atoms with E-state index in [1.165, 1.54) is 11.1 Å². The molecule has 1 fully saturated rings. The smallest absolute Gasteiger partial charge is 0.253 e. The zero-order valence-electron chi connectivity index (χ0n) is 18.1. The van der Waals surface area contributed by atoms with E-state index in [0.717, 1.165) is 45.2 Å². The Morgan fingerprint density at radius 2 is 1.77 bits per heavy atom. The molecule has 3 rings (SSSR count). The van der Waals surface area contributed by atoms with Gasteiger partial charge in [-0.05, 0) is 80.5 Å². The molecule has 0 atom stereocenters. The standard InChI is InChI=1S/C25H33ClN2O2/c1-27(15-4-16-29)18-19-5-3-6-22(17-19)20-9-13-24(14-10-20)28(2)25(30)21-7-11-23(26)12-8-21/h3,5-8,11-12,17,20,24,29H,4,9-10,13-16,18H2,1-2H3/t20-,24-. The molecule has 2 aromatic carbocycles. The minimum Gasteiger partial charge on any atom is -0.396 e. The van der Waals surface area contributed by atoms with E-state index in [1.807, 2.05) is 11.9 Å². The highest BCUT2D eigenvalue weighted by Gasteiger charge is 2.27. The van der Waals surface area contributed by atoms with E-state index in [9.17, 15) is 4.79 Å². The van der Waals surface area contributed by atoms with E-state index >= 15 is 0 Å². The highest BCUT2D eigenvalue weighted by Crippen LogP contribution is 2.35. The number of nitrogens with zero attached hydrogens (tertiary/aromatic N) is 2. The van der Waals surface area contributed by atoms with Crippen LogP contribution in [-0.4, -0.2) is 54.1 Å². The third-order valence-electron chi connectivity index (χ3n) is 6.23. The highest BCUT2D eigenvalue weighted by molar-refractivity contribution is 6.30. The molecular formula is C25H33ClN2O2. The van der Waals surface area contributed by atoms with Crippen LogP contribution in [0.25, 0.3) is 0 Å². The van der Waals surface area contributed by atoms with Crippen molar-refractivity contribution in [3.8, 4) is 0 Å². The fourth-order valence-electron chi connectivity index (χ4n) is 4.44. The normalized spacial score (nSPS) is 19.1. The molecular weight excluding hydrogens is 396 g/mol. The zero-order valence-corrected chi connectivity index (χ0v) is 18.8. The summed E-state index contributed by atoms with van der Waals surface area (Å²) in [5.74, 6) is 0.631.